The van der Waals surface area contributed by atoms with Crippen molar-refractivity contribution in [2.45, 2.75) is 0 Å². The van der Waals surface area contributed by atoms with Crippen LogP contribution >= 0.6 is 11.3 Å². The number of benzene rings is 1. The van der Waals surface area contributed by atoms with Gasteiger partial charge in [-0.15, -0.1) is 11.3 Å². The van der Waals surface area contributed by atoms with Gasteiger partial charge in [-0.3, -0.25) is 9.78 Å². The van der Waals surface area contributed by atoms with E-state index in [4.69, 9.17) is 5.11 Å². The molecule has 0 bridgehead atoms. The smallest absolute Gasteiger partial charge is 0.328 e. The molecule has 0 aliphatic heterocycles. The molecule has 0 atom stereocenters. The minimum absolute atomic E-state index is 0.0782. The number of carbonyl (C=O) groups excluding carboxylic acids is 1. The van der Waals surface area contributed by atoms with Gasteiger partial charge in [0.15, 0.2) is 0 Å². The van der Waals surface area contributed by atoms with Crippen LogP contribution in [0.1, 0.15) is 15.2 Å². The Labute approximate surface area is 117 Å². The average Bonchev–Trinajstić information content (AvgIpc) is 2.93. The fraction of sp³-hybridized carbons (Fsp3) is 0. The van der Waals surface area contributed by atoms with Crippen molar-refractivity contribution in [2.75, 3.05) is 5.32 Å². The first-order valence-electron chi connectivity index (χ1n) is 5.46. The zero-order valence-electron chi connectivity index (χ0n) is 10.0. The number of rotatable bonds is 4. The molecule has 2 N–H and O–H groups in total. The fourth-order valence-electron chi connectivity index (χ4n) is 1.43. The van der Waals surface area contributed by atoms with Crippen LogP contribution in [0.2, 0.25) is 0 Å². The number of nitrogens with one attached hydrogen (secondary N) is 1. The Morgan fingerprint density at radius 3 is 2.85 bits per heavy atom. The topological polar surface area (TPSA) is 79.3 Å². The molecule has 1 amide bonds. The van der Waals surface area contributed by atoms with Crippen molar-refractivity contribution in [3.05, 3.63) is 52.2 Å². The molecule has 0 aliphatic rings. The number of hydrogen-bond donors (Lipinski definition) is 2. The lowest BCUT2D eigenvalue weighted by Crippen LogP contribution is -2.10. The molecule has 1 aromatic carbocycles. The highest BCUT2D eigenvalue weighted by molar-refractivity contribution is 7.11. The van der Waals surface area contributed by atoms with E-state index >= 15 is 0 Å². The van der Waals surface area contributed by atoms with Gasteiger partial charge in [0.1, 0.15) is 10.7 Å². The SMILES string of the molecule is O=C(O)/C=C/c1cc(NC(=O)c2cncs2)ccc1F. The molecule has 0 spiro atoms. The van der Waals surface area contributed by atoms with Crippen molar-refractivity contribution in [3.63, 3.8) is 0 Å². The minimum Gasteiger partial charge on any atom is -0.478 e. The molecule has 1 heterocycles. The van der Waals surface area contributed by atoms with Gasteiger partial charge in [0.05, 0.1) is 11.7 Å². The van der Waals surface area contributed by atoms with Crippen LogP contribution < -0.4 is 5.32 Å². The first-order valence-corrected chi connectivity index (χ1v) is 6.34. The lowest BCUT2D eigenvalue weighted by Gasteiger charge is -2.05. The zero-order chi connectivity index (χ0) is 14.5. The van der Waals surface area contributed by atoms with Gasteiger partial charge in [-0.2, -0.15) is 0 Å². The van der Waals surface area contributed by atoms with Gasteiger partial charge in [-0.25, -0.2) is 9.18 Å². The normalized spacial score (nSPS) is 10.7. The Morgan fingerprint density at radius 2 is 2.20 bits per heavy atom. The van der Waals surface area contributed by atoms with Crippen LogP contribution in [-0.4, -0.2) is 22.0 Å². The highest BCUT2D eigenvalue weighted by Gasteiger charge is 2.09. The fourth-order valence-corrected chi connectivity index (χ4v) is 1.95. The summed E-state index contributed by atoms with van der Waals surface area (Å²) in [4.78, 5) is 26.4. The van der Waals surface area contributed by atoms with Gasteiger partial charge < -0.3 is 10.4 Å². The van der Waals surface area contributed by atoms with E-state index in [1.165, 1.54) is 35.2 Å². The highest BCUT2D eigenvalue weighted by atomic mass is 32.1. The van der Waals surface area contributed by atoms with Crippen LogP contribution in [0.5, 0.6) is 0 Å². The number of halogens is 1. The van der Waals surface area contributed by atoms with Crippen molar-refractivity contribution >= 4 is 35.0 Å². The highest BCUT2D eigenvalue weighted by Crippen LogP contribution is 2.17. The van der Waals surface area contributed by atoms with Gasteiger partial charge in [-0.1, -0.05) is 0 Å². The largest absolute Gasteiger partial charge is 0.478 e. The molecule has 7 heteroatoms. The Morgan fingerprint density at radius 1 is 1.40 bits per heavy atom. The molecule has 2 aromatic rings. The van der Waals surface area contributed by atoms with Crippen molar-refractivity contribution in [1.29, 1.82) is 0 Å². The summed E-state index contributed by atoms with van der Waals surface area (Å²) in [6.45, 7) is 0. The molecule has 102 valence electrons. The quantitative estimate of drug-likeness (QED) is 0.849. The molecule has 5 nitrogen and oxygen atoms in total. The molecule has 0 radical (unpaired) electrons. The number of anilines is 1. The van der Waals surface area contributed by atoms with E-state index < -0.39 is 11.8 Å². The van der Waals surface area contributed by atoms with Crippen molar-refractivity contribution in [3.8, 4) is 0 Å². The van der Waals surface area contributed by atoms with E-state index in [1.807, 2.05) is 0 Å². The molecule has 0 fully saturated rings. The maximum absolute atomic E-state index is 13.5. The first-order chi connectivity index (χ1) is 9.56. The lowest BCUT2D eigenvalue weighted by molar-refractivity contribution is -0.131. The maximum Gasteiger partial charge on any atom is 0.328 e. The van der Waals surface area contributed by atoms with Crippen LogP contribution in [0.25, 0.3) is 6.08 Å². The van der Waals surface area contributed by atoms with Gasteiger partial charge in [0, 0.05) is 17.3 Å². The monoisotopic (exact) mass is 292 g/mol. The predicted octanol–water partition coefficient (Wildman–Crippen LogP) is 2.63. The van der Waals surface area contributed by atoms with Crippen LogP contribution in [0.3, 0.4) is 0 Å². The van der Waals surface area contributed by atoms with Gasteiger partial charge in [-0.05, 0) is 24.3 Å². The lowest BCUT2D eigenvalue weighted by atomic mass is 10.1. The average molecular weight is 292 g/mol. The number of amides is 1. The molecule has 0 saturated carbocycles. The molecule has 20 heavy (non-hydrogen) atoms. The van der Waals surface area contributed by atoms with E-state index in [2.05, 4.69) is 10.3 Å². The van der Waals surface area contributed by atoms with Crippen molar-refractivity contribution in [1.82, 2.24) is 4.98 Å². The molecule has 0 aliphatic carbocycles. The number of carbonyl (C=O) groups is 2. The molecule has 0 saturated heterocycles. The summed E-state index contributed by atoms with van der Waals surface area (Å²) < 4.78 is 13.5. The Bertz CT molecular complexity index is 668. The molecule has 1 aromatic heterocycles. The summed E-state index contributed by atoms with van der Waals surface area (Å²) in [5.41, 5.74) is 1.98. The third kappa shape index (κ3) is 3.48. The molecule has 0 unspecified atom stereocenters. The van der Waals surface area contributed by atoms with Crippen molar-refractivity contribution in [2.24, 2.45) is 0 Å². The van der Waals surface area contributed by atoms with Crippen LogP contribution in [0, 0.1) is 5.82 Å². The maximum atomic E-state index is 13.5. The van der Waals surface area contributed by atoms with E-state index in [-0.39, 0.29) is 11.5 Å². The summed E-state index contributed by atoms with van der Waals surface area (Å²) in [6, 6.07) is 3.91. The number of aliphatic carboxylic acids is 1. The number of hydrogen-bond acceptors (Lipinski definition) is 4. The minimum atomic E-state index is -1.18. The van der Waals surface area contributed by atoms with Gasteiger partial charge in [0.25, 0.3) is 5.91 Å². The number of thiazole rings is 1. The van der Waals surface area contributed by atoms with Gasteiger partial charge >= 0.3 is 5.97 Å². The molecular formula is C13H9FN2O3S. The number of carboxylic acid groups (broad SMARTS) is 1. The first kappa shape index (κ1) is 13.9. The van der Waals surface area contributed by atoms with E-state index in [0.717, 1.165) is 18.2 Å². The standard InChI is InChI=1S/C13H9FN2O3S/c14-10-3-2-9(5-8(10)1-4-12(17)18)16-13(19)11-6-15-7-20-11/h1-7H,(H,16,19)(H,17,18)/b4-1+. The summed E-state index contributed by atoms with van der Waals surface area (Å²) in [7, 11) is 0. The van der Waals surface area contributed by atoms with Crippen molar-refractivity contribution < 1.29 is 19.1 Å². The Kier molecular flexibility index (Phi) is 4.21. The van der Waals surface area contributed by atoms with Crippen LogP contribution in [0.4, 0.5) is 10.1 Å². The summed E-state index contributed by atoms with van der Waals surface area (Å²) in [6.07, 6.45) is 3.38. The third-order valence-electron chi connectivity index (χ3n) is 2.32. The second kappa shape index (κ2) is 6.07. The second-order valence-electron chi connectivity index (χ2n) is 3.73. The van der Waals surface area contributed by atoms with Gasteiger partial charge in [0.2, 0.25) is 0 Å². The number of nitrogens with zero attached hydrogens (tertiary/aromatic N) is 1. The number of aromatic nitrogens is 1. The zero-order valence-corrected chi connectivity index (χ0v) is 10.9. The summed E-state index contributed by atoms with van der Waals surface area (Å²) >= 11 is 1.18. The van der Waals surface area contributed by atoms with E-state index in [0.29, 0.717) is 10.6 Å². The Balaban J connectivity index is 2.19. The molecular weight excluding hydrogens is 283 g/mol. The number of carboxylic acids is 1. The van der Waals surface area contributed by atoms with E-state index in [1.54, 1.807) is 0 Å². The van der Waals surface area contributed by atoms with Crippen LogP contribution in [-0.2, 0) is 4.79 Å². The summed E-state index contributed by atoms with van der Waals surface area (Å²) in [5.74, 6) is -2.10. The van der Waals surface area contributed by atoms with Crippen LogP contribution in [0.15, 0.2) is 36.0 Å². The Hall–Kier alpha value is -2.54. The third-order valence-corrected chi connectivity index (χ3v) is 3.09. The predicted molar refractivity (Wildman–Crippen MR) is 73.1 cm³/mol. The molecule has 2 rings (SSSR count). The second-order valence-corrected chi connectivity index (χ2v) is 4.61. The summed E-state index contributed by atoms with van der Waals surface area (Å²) in [5, 5.41) is 11.1. The van der Waals surface area contributed by atoms with E-state index in [9.17, 15) is 14.0 Å².